The van der Waals surface area contributed by atoms with Crippen molar-refractivity contribution in [2.45, 2.75) is 32.3 Å². The quantitative estimate of drug-likeness (QED) is 0.546. The van der Waals surface area contributed by atoms with Gasteiger partial charge < -0.3 is 9.64 Å². The Morgan fingerprint density at radius 1 is 0.963 bits per heavy atom. The highest BCUT2D eigenvalue weighted by Crippen LogP contribution is 2.20. The number of carbonyl (C=O) groups excluding carboxylic acids is 2. The van der Waals surface area contributed by atoms with Crippen molar-refractivity contribution in [2.24, 2.45) is 0 Å². The average Bonchev–Trinajstić information content (AvgIpc) is 2.75. The number of amides is 1. The van der Waals surface area contributed by atoms with E-state index in [-0.39, 0.29) is 17.8 Å². The van der Waals surface area contributed by atoms with Gasteiger partial charge in [-0.1, -0.05) is 37.3 Å². The van der Waals surface area contributed by atoms with E-state index in [0.29, 0.717) is 30.6 Å². The zero-order valence-electron chi connectivity index (χ0n) is 15.9. The fraction of sp³-hybridized carbons (Fsp3) is 0.364. The lowest BCUT2D eigenvalue weighted by Crippen LogP contribution is -2.41. The first kappa shape index (κ1) is 21.0. The van der Waals surface area contributed by atoms with Gasteiger partial charge in [0.2, 0.25) is 0 Å². The summed E-state index contributed by atoms with van der Waals surface area (Å²) in [5, 5.41) is 0. The van der Waals surface area contributed by atoms with Crippen molar-refractivity contribution in [1.29, 1.82) is 0 Å². The molecular formula is C22H26ClNO3. The Kier molecular flexibility index (Phi) is 8.34. The maximum absolute atomic E-state index is 12.6. The Morgan fingerprint density at radius 2 is 1.52 bits per heavy atom. The van der Waals surface area contributed by atoms with Crippen molar-refractivity contribution in [3.63, 3.8) is 0 Å². The maximum Gasteiger partial charge on any atom is 0.253 e. The molecule has 0 saturated carbocycles. The summed E-state index contributed by atoms with van der Waals surface area (Å²) in [6, 6.07) is 16.8. The van der Waals surface area contributed by atoms with Crippen LogP contribution >= 0.6 is 11.6 Å². The minimum Gasteiger partial charge on any atom is -0.490 e. The van der Waals surface area contributed by atoms with Gasteiger partial charge in [-0.15, -0.1) is 11.6 Å². The molecule has 2 aromatic rings. The van der Waals surface area contributed by atoms with E-state index in [2.05, 4.69) is 11.6 Å². The summed E-state index contributed by atoms with van der Waals surface area (Å²) in [5.41, 5.74) is 1.30. The lowest BCUT2D eigenvalue weighted by molar-refractivity contribution is 0.0595. The molecule has 0 bridgehead atoms. The smallest absolute Gasteiger partial charge is 0.253 e. The number of para-hydroxylation sites is 1. The normalized spacial score (nSPS) is 14.1. The van der Waals surface area contributed by atoms with Crippen LogP contribution < -0.4 is 4.74 Å². The Balaban J connectivity index is 0.00000126. The third-order valence-corrected chi connectivity index (χ3v) is 4.55. The molecule has 1 aliphatic heterocycles. The van der Waals surface area contributed by atoms with Gasteiger partial charge in [-0.25, -0.2) is 0 Å². The van der Waals surface area contributed by atoms with Crippen molar-refractivity contribution in [3.8, 4) is 5.75 Å². The van der Waals surface area contributed by atoms with E-state index < -0.39 is 0 Å². The molecule has 27 heavy (non-hydrogen) atoms. The topological polar surface area (TPSA) is 46.6 Å². The molecule has 1 amide bonds. The second-order valence-corrected chi connectivity index (χ2v) is 6.28. The van der Waals surface area contributed by atoms with E-state index in [1.807, 2.05) is 42.2 Å². The highest BCUT2D eigenvalue weighted by atomic mass is 35.5. The highest BCUT2D eigenvalue weighted by molar-refractivity contribution is 6.15. The van der Waals surface area contributed by atoms with Crippen molar-refractivity contribution >= 4 is 23.3 Å². The van der Waals surface area contributed by atoms with E-state index >= 15 is 0 Å². The number of ketones is 1. The summed E-state index contributed by atoms with van der Waals surface area (Å²) in [7, 11) is 0. The van der Waals surface area contributed by atoms with Crippen LogP contribution in [0.15, 0.2) is 54.6 Å². The molecule has 1 heterocycles. The number of carbonyl (C=O) groups is 2. The summed E-state index contributed by atoms with van der Waals surface area (Å²) in [6.07, 6.45) is 3.75. The number of nitrogens with zero attached hydrogens (tertiary/aromatic N) is 1. The summed E-state index contributed by atoms with van der Waals surface area (Å²) < 4.78 is 5.97. The zero-order valence-corrected chi connectivity index (χ0v) is 16.6. The fourth-order valence-corrected chi connectivity index (χ4v) is 3.05. The zero-order chi connectivity index (χ0) is 19.6. The van der Waals surface area contributed by atoms with Crippen LogP contribution in [0.25, 0.3) is 0 Å². The molecule has 0 spiro atoms. The summed E-state index contributed by atoms with van der Waals surface area (Å²) >= 11 is 4.64. The van der Waals surface area contributed by atoms with Gasteiger partial charge in [0.1, 0.15) is 11.9 Å². The van der Waals surface area contributed by atoms with Crippen molar-refractivity contribution in [1.82, 2.24) is 4.90 Å². The molecule has 0 radical (unpaired) electrons. The molecule has 2 aromatic carbocycles. The minimum absolute atomic E-state index is 0.0219. The van der Waals surface area contributed by atoms with Gasteiger partial charge >= 0.3 is 0 Å². The van der Waals surface area contributed by atoms with Gasteiger partial charge in [-0.3, -0.25) is 9.59 Å². The van der Waals surface area contributed by atoms with Gasteiger partial charge in [0.05, 0.1) is 0 Å². The fourth-order valence-electron chi connectivity index (χ4n) is 3.05. The molecule has 4 nitrogen and oxygen atoms in total. The number of Topliss-reactive ketones (excluding diaryl/α,β-unsaturated/α-hetero) is 1. The second kappa shape index (κ2) is 10.7. The van der Waals surface area contributed by atoms with Crippen LogP contribution in [-0.2, 0) is 0 Å². The number of alkyl halides is 1. The maximum atomic E-state index is 12.6. The first-order valence-electron chi connectivity index (χ1n) is 9.19. The number of piperidine rings is 1. The lowest BCUT2D eigenvalue weighted by atomic mass is 10.0. The van der Waals surface area contributed by atoms with Crippen LogP contribution in [0, 0.1) is 0 Å². The van der Waals surface area contributed by atoms with Crippen LogP contribution in [0.2, 0.25) is 0 Å². The number of rotatable bonds is 5. The number of benzene rings is 2. The number of hydrogen-bond donors (Lipinski definition) is 0. The molecule has 0 aromatic heterocycles. The predicted molar refractivity (Wildman–Crippen MR) is 109 cm³/mol. The van der Waals surface area contributed by atoms with E-state index in [1.165, 1.54) is 6.38 Å². The molecule has 0 unspecified atom stereocenters. The Labute approximate surface area is 166 Å². The molecule has 0 N–H and O–H groups in total. The van der Waals surface area contributed by atoms with E-state index in [9.17, 15) is 9.59 Å². The SMILES string of the molecule is CCC(=O)c1ccc(C(=O)N2CCC(Oc3ccccc3)CC2)cc1.CCl. The minimum atomic E-state index is 0.0219. The lowest BCUT2D eigenvalue weighted by Gasteiger charge is -2.32. The van der Waals surface area contributed by atoms with Gasteiger partial charge in [-0.05, 0) is 24.3 Å². The largest absolute Gasteiger partial charge is 0.490 e. The summed E-state index contributed by atoms with van der Waals surface area (Å²) in [4.78, 5) is 26.2. The summed E-state index contributed by atoms with van der Waals surface area (Å²) in [6.45, 7) is 3.21. The van der Waals surface area contributed by atoms with Crippen LogP contribution in [0.1, 0.15) is 46.9 Å². The van der Waals surface area contributed by atoms with Crippen LogP contribution in [0.4, 0.5) is 0 Å². The second-order valence-electron chi connectivity index (χ2n) is 6.28. The van der Waals surface area contributed by atoms with Gasteiger partial charge in [0.25, 0.3) is 5.91 Å². The van der Waals surface area contributed by atoms with E-state index in [4.69, 9.17) is 4.74 Å². The molecule has 144 valence electrons. The van der Waals surface area contributed by atoms with Crippen molar-refractivity contribution < 1.29 is 14.3 Å². The van der Waals surface area contributed by atoms with E-state index in [0.717, 1.165) is 18.6 Å². The molecule has 1 aliphatic rings. The monoisotopic (exact) mass is 387 g/mol. The Bertz CT molecular complexity index is 723. The molecule has 3 rings (SSSR count). The van der Waals surface area contributed by atoms with Gasteiger partial charge in [0.15, 0.2) is 5.78 Å². The van der Waals surface area contributed by atoms with Gasteiger partial charge in [0, 0.05) is 49.9 Å². The number of hydrogen-bond acceptors (Lipinski definition) is 3. The van der Waals surface area contributed by atoms with Crippen LogP contribution in [0.5, 0.6) is 5.75 Å². The molecule has 0 atom stereocenters. The van der Waals surface area contributed by atoms with Crippen LogP contribution in [-0.4, -0.2) is 42.2 Å². The standard InChI is InChI=1S/C21H23NO3.CH3Cl/c1-2-20(23)16-8-10-17(11-9-16)21(24)22-14-12-19(13-15-22)25-18-6-4-3-5-7-18;1-2/h3-11,19H,2,12-15H2,1H3;1H3. The number of likely N-dealkylation sites (tertiary alicyclic amines) is 1. The van der Waals surface area contributed by atoms with Crippen LogP contribution in [0.3, 0.4) is 0 Å². The first-order chi connectivity index (χ1) is 13.2. The molecule has 5 heteroatoms. The van der Waals surface area contributed by atoms with Gasteiger partial charge in [-0.2, -0.15) is 0 Å². The number of halogens is 1. The molecule has 0 aliphatic carbocycles. The first-order valence-corrected chi connectivity index (χ1v) is 9.95. The molecule has 1 saturated heterocycles. The Morgan fingerprint density at radius 3 is 2.07 bits per heavy atom. The number of ether oxygens (including phenoxy) is 1. The summed E-state index contributed by atoms with van der Waals surface area (Å²) in [5.74, 6) is 0.995. The predicted octanol–water partition coefficient (Wildman–Crippen LogP) is 4.82. The van der Waals surface area contributed by atoms with Crippen molar-refractivity contribution in [2.75, 3.05) is 19.5 Å². The third kappa shape index (κ3) is 5.83. The highest BCUT2D eigenvalue weighted by Gasteiger charge is 2.24. The molecule has 1 fully saturated rings. The average molecular weight is 388 g/mol. The van der Waals surface area contributed by atoms with E-state index in [1.54, 1.807) is 24.3 Å². The van der Waals surface area contributed by atoms with Crippen molar-refractivity contribution in [3.05, 3.63) is 65.7 Å². The molecular weight excluding hydrogens is 362 g/mol. The third-order valence-electron chi connectivity index (χ3n) is 4.55. The Hall–Kier alpha value is -2.33.